The van der Waals surface area contributed by atoms with Crippen LogP contribution in [0.5, 0.6) is 0 Å². The van der Waals surface area contributed by atoms with E-state index in [9.17, 15) is 4.79 Å². The van der Waals surface area contributed by atoms with E-state index in [-0.39, 0.29) is 5.91 Å². The maximum Gasteiger partial charge on any atom is 0.263 e. The Morgan fingerprint density at radius 2 is 2.27 bits per heavy atom. The van der Waals surface area contributed by atoms with E-state index < -0.39 is 0 Å². The van der Waals surface area contributed by atoms with Gasteiger partial charge in [-0.25, -0.2) is 0 Å². The standard InChI is InChI=1S/C10H9BrN2OS/c1-13-10(14)9-8(12)6-3-2-5(11)4-7(6)15-9/h2-4H,12H2,1H3,(H,13,14). The van der Waals surface area contributed by atoms with Crippen LogP contribution < -0.4 is 11.1 Å². The van der Waals surface area contributed by atoms with Crippen LogP contribution in [-0.2, 0) is 0 Å². The molecule has 0 radical (unpaired) electrons. The Labute approximate surface area is 99.4 Å². The maximum atomic E-state index is 11.5. The molecule has 5 heteroatoms. The molecule has 15 heavy (non-hydrogen) atoms. The summed E-state index contributed by atoms with van der Waals surface area (Å²) in [6, 6.07) is 5.79. The topological polar surface area (TPSA) is 55.1 Å². The number of nitrogens with two attached hydrogens (primary N) is 1. The number of carbonyl (C=O) groups excluding carboxylic acids is 1. The van der Waals surface area contributed by atoms with Gasteiger partial charge in [0, 0.05) is 21.6 Å². The summed E-state index contributed by atoms with van der Waals surface area (Å²) in [5.74, 6) is -0.134. The molecular weight excluding hydrogens is 276 g/mol. The summed E-state index contributed by atoms with van der Waals surface area (Å²) in [6.07, 6.45) is 0. The summed E-state index contributed by atoms with van der Waals surface area (Å²) >= 11 is 4.79. The second-order valence-electron chi connectivity index (χ2n) is 3.06. The zero-order valence-electron chi connectivity index (χ0n) is 8.00. The quantitative estimate of drug-likeness (QED) is 0.846. The fourth-order valence-corrected chi connectivity index (χ4v) is 2.99. The van der Waals surface area contributed by atoms with E-state index in [4.69, 9.17) is 5.73 Å². The number of fused-ring (bicyclic) bond motifs is 1. The largest absolute Gasteiger partial charge is 0.397 e. The molecule has 1 amide bonds. The van der Waals surface area contributed by atoms with Crippen molar-refractivity contribution in [2.45, 2.75) is 0 Å². The number of thiophene rings is 1. The molecule has 0 saturated heterocycles. The average molecular weight is 285 g/mol. The number of anilines is 1. The van der Waals surface area contributed by atoms with Crippen LogP contribution >= 0.6 is 27.3 Å². The third-order valence-corrected chi connectivity index (χ3v) is 3.78. The van der Waals surface area contributed by atoms with E-state index in [1.54, 1.807) is 7.05 Å². The van der Waals surface area contributed by atoms with E-state index >= 15 is 0 Å². The van der Waals surface area contributed by atoms with Crippen molar-refractivity contribution >= 4 is 48.9 Å². The molecule has 3 N–H and O–H groups in total. The van der Waals surface area contributed by atoms with E-state index in [0.717, 1.165) is 14.6 Å². The molecule has 0 saturated carbocycles. The molecule has 0 aliphatic heterocycles. The zero-order valence-corrected chi connectivity index (χ0v) is 10.4. The van der Waals surface area contributed by atoms with Gasteiger partial charge in [-0.1, -0.05) is 22.0 Å². The predicted octanol–water partition coefficient (Wildman–Crippen LogP) is 2.61. The minimum Gasteiger partial charge on any atom is -0.397 e. The summed E-state index contributed by atoms with van der Waals surface area (Å²) < 4.78 is 2.00. The summed E-state index contributed by atoms with van der Waals surface area (Å²) in [5.41, 5.74) is 6.46. The van der Waals surface area contributed by atoms with Gasteiger partial charge in [-0.15, -0.1) is 11.3 Å². The van der Waals surface area contributed by atoms with E-state index in [1.807, 2.05) is 18.2 Å². The molecule has 0 spiro atoms. The first kappa shape index (κ1) is 10.4. The molecule has 1 aromatic carbocycles. The highest BCUT2D eigenvalue weighted by Gasteiger charge is 2.14. The number of hydrogen-bond acceptors (Lipinski definition) is 3. The van der Waals surface area contributed by atoms with Crippen LogP contribution in [0.1, 0.15) is 9.67 Å². The SMILES string of the molecule is CNC(=O)c1sc2cc(Br)ccc2c1N. The molecule has 0 aliphatic rings. The summed E-state index contributed by atoms with van der Waals surface area (Å²) in [4.78, 5) is 12.1. The van der Waals surface area contributed by atoms with Crippen molar-refractivity contribution in [1.29, 1.82) is 0 Å². The summed E-state index contributed by atoms with van der Waals surface area (Å²) in [6.45, 7) is 0. The van der Waals surface area contributed by atoms with Gasteiger partial charge in [0.15, 0.2) is 0 Å². The molecule has 0 bridgehead atoms. The smallest absolute Gasteiger partial charge is 0.263 e. The molecule has 1 aromatic heterocycles. The molecule has 2 rings (SSSR count). The number of nitrogen functional groups attached to an aromatic ring is 1. The van der Waals surface area contributed by atoms with Gasteiger partial charge in [0.2, 0.25) is 0 Å². The molecule has 0 atom stereocenters. The molecule has 0 unspecified atom stereocenters. The van der Waals surface area contributed by atoms with Crippen LogP contribution in [0.25, 0.3) is 10.1 Å². The van der Waals surface area contributed by atoms with Gasteiger partial charge in [-0.2, -0.15) is 0 Å². The molecule has 1 heterocycles. The van der Waals surface area contributed by atoms with Crippen molar-refractivity contribution in [2.75, 3.05) is 12.8 Å². The Morgan fingerprint density at radius 1 is 1.53 bits per heavy atom. The second kappa shape index (κ2) is 3.83. The highest BCUT2D eigenvalue weighted by atomic mass is 79.9. The first-order valence-electron chi connectivity index (χ1n) is 4.33. The Morgan fingerprint density at radius 3 is 2.93 bits per heavy atom. The number of rotatable bonds is 1. The van der Waals surface area contributed by atoms with Gasteiger partial charge in [-0.05, 0) is 12.1 Å². The van der Waals surface area contributed by atoms with Crippen LogP contribution in [0.4, 0.5) is 5.69 Å². The van der Waals surface area contributed by atoms with Gasteiger partial charge in [0.25, 0.3) is 5.91 Å². The lowest BCUT2D eigenvalue weighted by Crippen LogP contribution is -2.17. The Hall–Kier alpha value is -1.07. The predicted molar refractivity (Wildman–Crippen MR) is 67.3 cm³/mol. The number of hydrogen-bond donors (Lipinski definition) is 2. The third-order valence-electron chi connectivity index (χ3n) is 2.12. The van der Waals surface area contributed by atoms with Crippen LogP contribution in [0.15, 0.2) is 22.7 Å². The minimum absolute atomic E-state index is 0.134. The third kappa shape index (κ3) is 1.72. The monoisotopic (exact) mass is 284 g/mol. The van der Waals surface area contributed by atoms with Crippen molar-refractivity contribution in [2.24, 2.45) is 0 Å². The summed E-state index contributed by atoms with van der Waals surface area (Å²) in [5, 5.41) is 3.51. The summed E-state index contributed by atoms with van der Waals surface area (Å²) in [7, 11) is 1.60. The molecule has 0 fully saturated rings. The van der Waals surface area contributed by atoms with E-state index in [0.29, 0.717) is 10.6 Å². The Bertz CT molecular complexity index is 535. The molecule has 0 aliphatic carbocycles. The van der Waals surface area contributed by atoms with Crippen molar-refractivity contribution in [3.05, 3.63) is 27.5 Å². The van der Waals surface area contributed by atoms with Gasteiger partial charge in [-0.3, -0.25) is 4.79 Å². The molecular formula is C10H9BrN2OS. The van der Waals surface area contributed by atoms with Gasteiger partial charge < -0.3 is 11.1 Å². The minimum atomic E-state index is -0.134. The van der Waals surface area contributed by atoms with Crippen LogP contribution in [-0.4, -0.2) is 13.0 Å². The Kier molecular flexibility index (Phi) is 2.67. The van der Waals surface area contributed by atoms with Gasteiger partial charge in [0.05, 0.1) is 5.69 Å². The average Bonchev–Trinajstić information content (AvgIpc) is 2.54. The van der Waals surface area contributed by atoms with E-state index in [1.165, 1.54) is 11.3 Å². The number of nitrogens with one attached hydrogen (secondary N) is 1. The number of carbonyl (C=O) groups is 1. The van der Waals surface area contributed by atoms with Crippen molar-refractivity contribution in [3.63, 3.8) is 0 Å². The molecule has 2 aromatic rings. The normalized spacial score (nSPS) is 10.5. The lowest BCUT2D eigenvalue weighted by Gasteiger charge is -1.96. The van der Waals surface area contributed by atoms with Crippen molar-refractivity contribution in [1.82, 2.24) is 5.32 Å². The van der Waals surface area contributed by atoms with E-state index in [2.05, 4.69) is 21.2 Å². The lowest BCUT2D eigenvalue weighted by molar-refractivity contribution is 0.0968. The zero-order chi connectivity index (χ0) is 11.0. The van der Waals surface area contributed by atoms with Crippen LogP contribution in [0.3, 0.4) is 0 Å². The number of amides is 1. The highest BCUT2D eigenvalue weighted by Crippen LogP contribution is 2.35. The van der Waals surface area contributed by atoms with Crippen molar-refractivity contribution < 1.29 is 4.79 Å². The molecule has 3 nitrogen and oxygen atoms in total. The fourth-order valence-electron chi connectivity index (χ4n) is 1.37. The van der Waals surface area contributed by atoms with Crippen LogP contribution in [0, 0.1) is 0 Å². The van der Waals surface area contributed by atoms with Gasteiger partial charge >= 0.3 is 0 Å². The Balaban J connectivity index is 2.69. The van der Waals surface area contributed by atoms with Gasteiger partial charge in [0.1, 0.15) is 4.88 Å². The first-order valence-corrected chi connectivity index (χ1v) is 5.94. The maximum absolute atomic E-state index is 11.5. The van der Waals surface area contributed by atoms with Crippen LogP contribution in [0.2, 0.25) is 0 Å². The fraction of sp³-hybridized carbons (Fsp3) is 0.100. The molecule has 78 valence electrons. The lowest BCUT2D eigenvalue weighted by atomic mass is 10.2. The second-order valence-corrected chi connectivity index (χ2v) is 5.03. The number of halogens is 1. The highest BCUT2D eigenvalue weighted by molar-refractivity contribution is 9.10. The first-order chi connectivity index (χ1) is 7.13. The van der Waals surface area contributed by atoms with Crippen molar-refractivity contribution in [3.8, 4) is 0 Å². The number of benzene rings is 1.